The van der Waals surface area contributed by atoms with Crippen LogP contribution in [0.3, 0.4) is 0 Å². The van der Waals surface area contributed by atoms with Gasteiger partial charge in [-0.15, -0.1) is 11.8 Å². The Balaban J connectivity index is 2.24. The monoisotopic (exact) mass is 249 g/mol. The SMILES string of the molecule is N#CCNC(=O)CC(N)SCc1ccccc1. The number of nitrogens with one attached hydrogen (secondary N) is 1. The molecular formula is C12H15N3OS. The van der Waals surface area contributed by atoms with Crippen LogP contribution in [0.25, 0.3) is 0 Å². The third-order valence-corrected chi connectivity index (χ3v) is 3.15. The number of nitrogens with zero attached hydrogens (tertiary/aromatic N) is 1. The van der Waals surface area contributed by atoms with E-state index in [1.165, 1.54) is 17.3 Å². The second kappa shape index (κ2) is 7.71. The summed E-state index contributed by atoms with van der Waals surface area (Å²) in [7, 11) is 0. The Morgan fingerprint density at radius 2 is 2.18 bits per heavy atom. The summed E-state index contributed by atoms with van der Waals surface area (Å²) in [5, 5.41) is 10.5. The van der Waals surface area contributed by atoms with Crippen LogP contribution in [0.2, 0.25) is 0 Å². The molecule has 1 aromatic carbocycles. The van der Waals surface area contributed by atoms with Crippen molar-refractivity contribution in [3.05, 3.63) is 35.9 Å². The van der Waals surface area contributed by atoms with E-state index in [4.69, 9.17) is 11.0 Å². The zero-order valence-electron chi connectivity index (χ0n) is 9.43. The van der Waals surface area contributed by atoms with E-state index in [1.54, 1.807) is 0 Å². The summed E-state index contributed by atoms with van der Waals surface area (Å²) in [5.74, 6) is 0.604. The predicted molar refractivity (Wildman–Crippen MR) is 69.0 cm³/mol. The number of carbonyl (C=O) groups excluding carboxylic acids is 1. The molecule has 0 radical (unpaired) electrons. The molecule has 0 aliphatic carbocycles. The summed E-state index contributed by atoms with van der Waals surface area (Å²) < 4.78 is 0. The molecular weight excluding hydrogens is 234 g/mol. The highest BCUT2D eigenvalue weighted by molar-refractivity contribution is 7.99. The molecule has 0 aromatic heterocycles. The first-order chi connectivity index (χ1) is 8.22. The normalized spacial score (nSPS) is 11.5. The average Bonchev–Trinajstić information content (AvgIpc) is 2.35. The minimum atomic E-state index is -0.242. The van der Waals surface area contributed by atoms with Crippen molar-refractivity contribution >= 4 is 17.7 Å². The van der Waals surface area contributed by atoms with E-state index in [0.29, 0.717) is 0 Å². The Morgan fingerprint density at radius 3 is 2.82 bits per heavy atom. The van der Waals surface area contributed by atoms with Gasteiger partial charge in [-0.05, 0) is 5.56 Å². The number of carbonyl (C=O) groups is 1. The molecule has 4 nitrogen and oxygen atoms in total. The lowest BCUT2D eigenvalue weighted by Crippen LogP contribution is -2.30. The molecule has 1 aromatic rings. The highest BCUT2D eigenvalue weighted by Crippen LogP contribution is 2.16. The van der Waals surface area contributed by atoms with Crippen molar-refractivity contribution in [1.29, 1.82) is 5.26 Å². The number of thioether (sulfide) groups is 1. The maximum atomic E-state index is 11.3. The van der Waals surface area contributed by atoms with Crippen molar-refractivity contribution in [1.82, 2.24) is 5.32 Å². The van der Waals surface area contributed by atoms with E-state index in [1.807, 2.05) is 36.4 Å². The summed E-state index contributed by atoms with van der Waals surface area (Å²) in [6, 6.07) is 11.8. The number of rotatable bonds is 6. The first-order valence-corrected chi connectivity index (χ1v) is 6.32. The summed E-state index contributed by atoms with van der Waals surface area (Å²) >= 11 is 1.53. The van der Waals surface area contributed by atoms with Crippen LogP contribution in [-0.2, 0) is 10.5 Å². The highest BCUT2D eigenvalue weighted by Gasteiger charge is 2.09. The van der Waals surface area contributed by atoms with Crippen LogP contribution in [0.1, 0.15) is 12.0 Å². The van der Waals surface area contributed by atoms with E-state index < -0.39 is 0 Å². The lowest BCUT2D eigenvalue weighted by atomic mass is 10.2. The second-order valence-corrected chi connectivity index (χ2v) is 4.70. The van der Waals surface area contributed by atoms with Crippen LogP contribution in [0.4, 0.5) is 0 Å². The Hall–Kier alpha value is -1.51. The van der Waals surface area contributed by atoms with Crippen LogP contribution in [0, 0.1) is 11.3 Å². The highest BCUT2D eigenvalue weighted by atomic mass is 32.2. The predicted octanol–water partition coefficient (Wildman–Crippen LogP) is 1.23. The number of hydrogen-bond acceptors (Lipinski definition) is 4. The number of nitriles is 1. The molecule has 90 valence electrons. The molecule has 17 heavy (non-hydrogen) atoms. The maximum absolute atomic E-state index is 11.3. The molecule has 3 N–H and O–H groups in total. The quantitative estimate of drug-likeness (QED) is 0.587. The summed E-state index contributed by atoms with van der Waals surface area (Å²) in [4.78, 5) is 11.3. The van der Waals surface area contributed by atoms with Crippen LogP contribution in [-0.4, -0.2) is 17.8 Å². The number of benzene rings is 1. The molecule has 0 aliphatic heterocycles. The molecule has 1 amide bonds. The van der Waals surface area contributed by atoms with E-state index in [-0.39, 0.29) is 24.2 Å². The molecule has 0 heterocycles. The van der Waals surface area contributed by atoms with E-state index >= 15 is 0 Å². The molecule has 5 heteroatoms. The van der Waals surface area contributed by atoms with Crippen molar-refractivity contribution in [3.63, 3.8) is 0 Å². The fourth-order valence-electron chi connectivity index (χ4n) is 1.23. The van der Waals surface area contributed by atoms with Crippen molar-refractivity contribution in [2.24, 2.45) is 5.73 Å². The van der Waals surface area contributed by atoms with Crippen LogP contribution in [0.5, 0.6) is 0 Å². The van der Waals surface area contributed by atoms with Gasteiger partial charge in [-0.3, -0.25) is 4.79 Å². The Kier molecular flexibility index (Phi) is 6.15. The Morgan fingerprint density at radius 1 is 1.47 bits per heavy atom. The minimum absolute atomic E-state index is 0.0366. The first kappa shape index (κ1) is 13.6. The zero-order valence-corrected chi connectivity index (χ0v) is 10.2. The molecule has 0 fully saturated rings. The van der Waals surface area contributed by atoms with Gasteiger partial charge in [-0.2, -0.15) is 5.26 Å². The van der Waals surface area contributed by atoms with Gasteiger partial charge in [0.15, 0.2) is 0 Å². The average molecular weight is 249 g/mol. The van der Waals surface area contributed by atoms with Gasteiger partial charge in [-0.1, -0.05) is 30.3 Å². The molecule has 0 saturated heterocycles. The van der Waals surface area contributed by atoms with Gasteiger partial charge in [0.05, 0.1) is 17.9 Å². The van der Waals surface area contributed by atoms with Crippen molar-refractivity contribution in [2.75, 3.05) is 6.54 Å². The lowest BCUT2D eigenvalue weighted by Gasteiger charge is -2.10. The molecule has 0 bridgehead atoms. The molecule has 0 saturated carbocycles. The van der Waals surface area contributed by atoms with Crippen molar-refractivity contribution < 1.29 is 4.79 Å². The minimum Gasteiger partial charge on any atom is -0.343 e. The van der Waals surface area contributed by atoms with Crippen molar-refractivity contribution in [3.8, 4) is 6.07 Å². The summed E-state index contributed by atoms with van der Waals surface area (Å²) in [5.41, 5.74) is 7.00. The van der Waals surface area contributed by atoms with E-state index in [9.17, 15) is 4.79 Å². The Labute approximate surface area is 105 Å². The van der Waals surface area contributed by atoms with Gasteiger partial charge in [0.2, 0.25) is 5.91 Å². The van der Waals surface area contributed by atoms with E-state index in [0.717, 1.165) is 5.75 Å². The molecule has 0 aliphatic rings. The number of hydrogen-bond donors (Lipinski definition) is 2. The van der Waals surface area contributed by atoms with Gasteiger partial charge in [0.25, 0.3) is 0 Å². The second-order valence-electron chi connectivity index (χ2n) is 3.47. The van der Waals surface area contributed by atoms with E-state index in [2.05, 4.69) is 5.32 Å². The van der Waals surface area contributed by atoms with Gasteiger partial charge < -0.3 is 11.1 Å². The third-order valence-electron chi connectivity index (χ3n) is 2.06. The zero-order chi connectivity index (χ0) is 12.5. The fraction of sp³-hybridized carbons (Fsp3) is 0.333. The van der Waals surface area contributed by atoms with Gasteiger partial charge in [-0.25, -0.2) is 0 Å². The Bertz CT molecular complexity index is 388. The summed E-state index contributed by atoms with van der Waals surface area (Å²) in [6.07, 6.45) is 0.235. The van der Waals surface area contributed by atoms with Crippen molar-refractivity contribution in [2.45, 2.75) is 17.5 Å². The fourth-order valence-corrected chi connectivity index (χ4v) is 2.10. The molecule has 1 unspecified atom stereocenters. The third kappa shape index (κ3) is 5.95. The standard InChI is InChI=1S/C12H15N3OS/c13-6-7-15-12(16)8-11(14)17-9-10-4-2-1-3-5-10/h1-5,11H,7-9,14H2,(H,15,16). The first-order valence-electron chi connectivity index (χ1n) is 5.27. The lowest BCUT2D eigenvalue weighted by molar-refractivity contribution is -0.120. The molecule has 1 rings (SSSR count). The van der Waals surface area contributed by atoms with Crippen LogP contribution < -0.4 is 11.1 Å². The maximum Gasteiger partial charge on any atom is 0.223 e. The largest absolute Gasteiger partial charge is 0.343 e. The molecule has 1 atom stereocenters. The van der Waals surface area contributed by atoms with Crippen LogP contribution in [0.15, 0.2) is 30.3 Å². The van der Waals surface area contributed by atoms with Gasteiger partial charge >= 0.3 is 0 Å². The number of amides is 1. The van der Waals surface area contributed by atoms with Gasteiger partial charge in [0, 0.05) is 5.75 Å². The molecule has 0 spiro atoms. The number of nitrogens with two attached hydrogens (primary N) is 1. The topological polar surface area (TPSA) is 78.9 Å². The van der Waals surface area contributed by atoms with Gasteiger partial charge in [0.1, 0.15) is 6.54 Å². The smallest absolute Gasteiger partial charge is 0.223 e. The summed E-state index contributed by atoms with van der Waals surface area (Å²) in [6.45, 7) is 0.0366. The van der Waals surface area contributed by atoms with Crippen LogP contribution >= 0.6 is 11.8 Å².